The number of rotatable bonds is 6. The molecule has 2 aromatic rings. The molecular weight excluding hydrogens is 461 g/mol. The minimum atomic E-state index is -5.68. The lowest BCUT2D eigenvalue weighted by Gasteiger charge is -2.12. The molecule has 0 aliphatic heterocycles. The van der Waals surface area contributed by atoms with Gasteiger partial charge in [-0.05, 0) is 24.3 Å². The summed E-state index contributed by atoms with van der Waals surface area (Å²) in [7, 11) is -7.84. The first-order chi connectivity index (χ1) is 13.3. The number of para-hydroxylation sites is 1. The van der Waals surface area contributed by atoms with E-state index in [1.54, 1.807) is 0 Å². The van der Waals surface area contributed by atoms with Gasteiger partial charge in [0.15, 0.2) is 0 Å². The molecule has 0 heterocycles. The Labute approximate surface area is 169 Å². The second kappa shape index (κ2) is 8.47. The van der Waals surface area contributed by atoms with Crippen LogP contribution in [0.1, 0.15) is 0 Å². The number of nitrogens with one attached hydrogen (secondary N) is 1. The summed E-state index contributed by atoms with van der Waals surface area (Å²) in [4.78, 5) is 20.9. The molecule has 1 unspecified atom stereocenters. The third-order valence-corrected chi connectivity index (χ3v) is 6.57. The van der Waals surface area contributed by atoms with Gasteiger partial charge in [0.2, 0.25) is 5.91 Å². The fourth-order valence-electron chi connectivity index (χ4n) is 2.08. The number of halogens is 4. The second-order valence-corrected chi connectivity index (χ2v) is 9.12. The number of carbonyl (C=O) groups excluding carboxylic acids is 1. The Morgan fingerprint density at radius 1 is 1.21 bits per heavy atom. The molecule has 0 bridgehead atoms. The standard InChI is InChI=1S/C15H10ClF3N2O6S2/c16-10-6-5-9(29(26,27)15(17,18)19)7-11(10)20-14(22)8-28(25)13-4-2-1-3-12(13)21(23)24/h1-7H,8H2,(H,20,22). The largest absolute Gasteiger partial charge is 0.501 e. The van der Waals surface area contributed by atoms with Gasteiger partial charge in [-0.3, -0.25) is 19.1 Å². The van der Waals surface area contributed by atoms with Crippen molar-refractivity contribution in [3.8, 4) is 0 Å². The van der Waals surface area contributed by atoms with Crippen LogP contribution in [0.15, 0.2) is 52.3 Å². The summed E-state index contributed by atoms with van der Waals surface area (Å²) in [6.07, 6.45) is 0. The van der Waals surface area contributed by atoms with Gasteiger partial charge in [0.1, 0.15) is 10.6 Å². The highest BCUT2D eigenvalue weighted by Gasteiger charge is 2.47. The monoisotopic (exact) mass is 470 g/mol. The van der Waals surface area contributed by atoms with Crippen molar-refractivity contribution in [2.24, 2.45) is 0 Å². The number of sulfone groups is 1. The average Bonchev–Trinajstić information content (AvgIpc) is 2.62. The van der Waals surface area contributed by atoms with Crippen LogP contribution in [0.2, 0.25) is 5.02 Å². The maximum atomic E-state index is 12.7. The molecule has 29 heavy (non-hydrogen) atoms. The summed E-state index contributed by atoms with van der Waals surface area (Å²) >= 11 is 5.77. The zero-order valence-electron chi connectivity index (χ0n) is 14.0. The first kappa shape index (κ1) is 22.8. The zero-order chi connectivity index (χ0) is 22.0. The van der Waals surface area contributed by atoms with Crippen molar-refractivity contribution in [2.45, 2.75) is 15.3 Å². The van der Waals surface area contributed by atoms with E-state index in [9.17, 15) is 40.7 Å². The molecule has 0 aliphatic carbocycles. The number of nitro groups is 1. The normalized spacial score (nSPS) is 13.0. The summed E-state index contributed by atoms with van der Waals surface area (Å²) in [5, 5.41) is 12.8. The molecule has 0 saturated heterocycles. The van der Waals surface area contributed by atoms with Gasteiger partial charge in [-0.1, -0.05) is 23.7 Å². The molecule has 2 aromatic carbocycles. The van der Waals surface area contributed by atoms with Gasteiger partial charge < -0.3 is 5.32 Å². The molecule has 1 N–H and O–H groups in total. The molecule has 14 heteroatoms. The molecule has 0 aliphatic rings. The average molecular weight is 471 g/mol. The predicted molar refractivity (Wildman–Crippen MR) is 97.7 cm³/mol. The van der Waals surface area contributed by atoms with E-state index in [4.69, 9.17) is 11.6 Å². The first-order valence-corrected chi connectivity index (χ1v) is 10.5. The summed E-state index contributed by atoms with van der Waals surface area (Å²) in [6.45, 7) is 0. The number of nitrogens with zero attached hydrogens (tertiary/aromatic N) is 1. The number of amides is 1. The van der Waals surface area contributed by atoms with Crippen LogP contribution < -0.4 is 5.32 Å². The fraction of sp³-hybridized carbons (Fsp3) is 0.133. The maximum Gasteiger partial charge on any atom is 0.501 e. The first-order valence-electron chi connectivity index (χ1n) is 7.37. The van der Waals surface area contributed by atoms with Gasteiger partial charge in [0.25, 0.3) is 15.5 Å². The molecule has 0 aromatic heterocycles. The van der Waals surface area contributed by atoms with Gasteiger partial charge in [-0.2, -0.15) is 13.2 Å². The van der Waals surface area contributed by atoms with Gasteiger partial charge in [-0.25, -0.2) is 8.42 Å². The third kappa shape index (κ3) is 5.10. The number of benzene rings is 2. The van der Waals surface area contributed by atoms with Gasteiger partial charge in [0.05, 0.1) is 31.3 Å². The number of nitro benzene ring substituents is 1. The summed E-state index contributed by atoms with van der Waals surface area (Å²) in [5.41, 5.74) is -6.49. The Kier molecular flexibility index (Phi) is 6.65. The minimum Gasteiger partial charge on any atom is -0.324 e. The summed E-state index contributed by atoms with van der Waals surface area (Å²) in [5.74, 6) is -1.79. The van der Waals surface area contributed by atoms with Crippen molar-refractivity contribution >= 4 is 49.5 Å². The van der Waals surface area contributed by atoms with Gasteiger partial charge in [0, 0.05) is 6.07 Å². The lowest BCUT2D eigenvalue weighted by molar-refractivity contribution is -0.387. The van der Waals surface area contributed by atoms with E-state index >= 15 is 0 Å². The number of hydrogen-bond donors (Lipinski definition) is 1. The van der Waals surface area contributed by atoms with Crippen molar-refractivity contribution < 1.29 is 35.5 Å². The van der Waals surface area contributed by atoms with Crippen LogP contribution in [-0.4, -0.2) is 34.7 Å². The van der Waals surface area contributed by atoms with Gasteiger partial charge in [-0.15, -0.1) is 0 Å². The number of alkyl halides is 3. The topological polar surface area (TPSA) is 123 Å². The molecule has 0 radical (unpaired) electrons. The van der Waals surface area contributed by atoms with E-state index in [0.29, 0.717) is 12.1 Å². The molecule has 1 atom stereocenters. The Morgan fingerprint density at radius 3 is 2.41 bits per heavy atom. The highest BCUT2D eigenvalue weighted by Crippen LogP contribution is 2.33. The molecule has 0 saturated carbocycles. The van der Waals surface area contributed by atoms with Crippen molar-refractivity contribution in [1.82, 2.24) is 0 Å². The van der Waals surface area contributed by atoms with E-state index < -0.39 is 59.0 Å². The van der Waals surface area contributed by atoms with Crippen LogP contribution in [-0.2, 0) is 25.4 Å². The zero-order valence-corrected chi connectivity index (χ0v) is 16.4. The number of carbonyl (C=O) groups is 1. The minimum absolute atomic E-state index is 0.229. The van der Waals surface area contributed by atoms with Crippen LogP contribution in [0.5, 0.6) is 0 Å². The third-order valence-electron chi connectivity index (χ3n) is 3.40. The SMILES string of the molecule is O=C(CS(=O)c1ccccc1[N+](=O)[O-])Nc1cc(S(=O)(=O)C(F)(F)F)ccc1Cl. The van der Waals surface area contributed by atoms with Gasteiger partial charge >= 0.3 is 5.51 Å². The number of anilines is 1. The van der Waals surface area contributed by atoms with E-state index in [2.05, 4.69) is 5.32 Å². The van der Waals surface area contributed by atoms with E-state index in [-0.39, 0.29) is 9.92 Å². The molecule has 2 rings (SSSR count). The van der Waals surface area contributed by atoms with E-state index in [1.807, 2.05) is 0 Å². The summed E-state index contributed by atoms with van der Waals surface area (Å²) in [6, 6.07) is 6.96. The quantitative estimate of drug-likeness (QED) is 0.510. The molecule has 0 fully saturated rings. The van der Waals surface area contributed by atoms with Crippen LogP contribution in [0.4, 0.5) is 24.5 Å². The smallest absolute Gasteiger partial charge is 0.324 e. The van der Waals surface area contributed by atoms with Crippen molar-refractivity contribution in [1.29, 1.82) is 0 Å². The van der Waals surface area contributed by atoms with Crippen LogP contribution in [0, 0.1) is 10.1 Å². The molecule has 0 spiro atoms. The molecule has 1 amide bonds. The van der Waals surface area contributed by atoms with E-state index in [1.165, 1.54) is 18.2 Å². The fourth-order valence-corrected chi connectivity index (χ4v) is 4.11. The lowest BCUT2D eigenvalue weighted by atomic mass is 10.3. The van der Waals surface area contributed by atoms with Crippen molar-refractivity contribution in [2.75, 3.05) is 11.1 Å². The highest BCUT2D eigenvalue weighted by atomic mass is 35.5. The maximum absolute atomic E-state index is 12.7. The second-order valence-electron chi connectivity index (χ2n) is 5.35. The van der Waals surface area contributed by atoms with Crippen LogP contribution in [0.3, 0.4) is 0 Å². The molecule has 156 valence electrons. The Balaban J connectivity index is 2.25. The summed E-state index contributed by atoms with van der Waals surface area (Å²) < 4.78 is 73.2. The predicted octanol–water partition coefficient (Wildman–Crippen LogP) is 3.29. The Bertz CT molecular complexity index is 1110. The lowest BCUT2D eigenvalue weighted by Crippen LogP contribution is -2.24. The Morgan fingerprint density at radius 2 is 1.83 bits per heavy atom. The molecular formula is C15H10ClF3N2O6S2. The highest BCUT2D eigenvalue weighted by molar-refractivity contribution is 7.92. The van der Waals surface area contributed by atoms with Crippen molar-refractivity contribution in [3.63, 3.8) is 0 Å². The van der Waals surface area contributed by atoms with Crippen molar-refractivity contribution in [3.05, 3.63) is 57.6 Å². The van der Waals surface area contributed by atoms with E-state index in [0.717, 1.165) is 12.1 Å². The Hall–Kier alpha value is -2.51. The van der Waals surface area contributed by atoms with Crippen LogP contribution in [0.25, 0.3) is 0 Å². The van der Waals surface area contributed by atoms with Crippen LogP contribution >= 0.6 is 11.6 Å². The molecule has 8 nitrogen and oxygen atoms in total. The number of hydrogen-bond acceptors (Lipinski definition) is 6.